The number of amides is 1. The Morgan fingerprint density at radius 3 is 2.63 bits per heavy atom. The van der Waals surface area contributed by atoms with E-state index in [2.05, 4.69) is 20.3 Å². The molecule has 0 aliphatic carbocycles. The van der Waals surface area contributed by atoms with E-state index in [0.29, 0.717) is 23.3 Å². The summed E-state index contributed by atoms with van der Waals surface area (Å²) in [5, 5.41) is 11.6. The largest absolute Gasteiger partial charge is 0.484 e. The fourth-order valence-electron chi connectivity index (χ4n) is 2.52. The van der Waals surface area contributed by atoms with Crippen LogP contribution in [0.2, 0.25) is 0 Å². The van der Waals surface area contributed by atoms with Crippen LogP contribution in [0, 0.1) is 0 Å². The first-order valence-electron chi connectivity index (χ1n) is 9.01. The highest BCUT2D eigenvalue weighted by Crippen LogP contribution is 2.24. The predicted octanol–water partition coefficient (Wildman–Crippen LogP) is 3.91. The SMILES string of the molecule is CCn1c(SCC(=O)NCc2ccc(OCC(F)(F)F)cc2)nnc1-c1ccco1. The van der Waals surface area contributed by atoms with Crippen LogP contribution in [0.1, 0.15) is 12.5 Å². The van der Waals surface area contributed by atoms with E-state index in [0.717, 1.165) is 5.56 Å². The monoisotopic (exact) mass is 440 g/mol. The van der Waals surface area contributed by atoms with E-state index >= 15 is 0 Å². The van der Waals surface area contributed by atoms with Crippen molar-refractivity contribution in [3.8, 4) is 17.3 Å². The maximum absolute atomic E-state index is 12.2. The third-order valence-electron chi connectivity index (χ3n) is 3.92. The molecule has 2 heterocycles. The first-order valence-corrected chi connectivity index (χ1v) is 9.99. The summed E-state index contributed by atoms with van der Waals surface area (Å²) >= 11 is 1.25. The van der Waals surface area contributed by atoms with Crippen molar-refractivity contribution in [3.05, 3.63) is 48.2 Å². The van der Waals surface area contributed by atoms with E-state index in [1.54, 1.807) is 30.5 Å². The lowest BCUT2D eigenvalue weighted by atomic mass is 10.2. The van der Waals surface area contributed by atoms with Crippen LogP contribution >= 0.6 is 11.8 Å². The van der Waals surface area contributed by atoms with Crippen LogP contribution in [0.25, 0.3) is 11.6 Å². The van der Waals surface area contributed by atoms with E-state index in [9.17, 15) is 18.0 Å². The highest BCUT2D eigenvalue weighted by atomic mass is 32.2. The minimum Gasteiger partial charge on any atom is -0.484 e. The number of thioether (sulfide) groups is 1. The first-order chi connectivity index (χ1) is 14.4. The van der Waals surface area contributed by atoms with Gasteiger partial charge in [0.1, 0.15) is 5.75 Å². The number of benzene rings is 1. The van der Waals surface area contributed by atoms with Gasteiger partial charge in [-0.2, -0.15) is 13.2 Å². The summed E-state index contributed by atoms with van der Waals surface area (Å²) in [4.78, 5) is 12.1. The molecule has 11 heteroatoms. The molecule has 0 bridgehead atoms. The molecule has 1 amide bonds. The maximum Gasteiger partial charge on any atom is 0.422 e. The summed E-state index contributed by atoms with van der Waals surface area (Å²) in [5.74, 6) is 1.25. The molecule has 30 heavy (non-hydrogen) atoms. The number of carbonyl (C=O) groups excluding carboxylic acids is 1. The molecular weight excluding hydrogens is 421 g/mol. The number of nitrogens with zero attached hydrogens (tertiary/aromatic N) is 3. The molecule has 0 aliphatic rings. The second kappa shape index (κ2) is 9.70. The molecule has 0 atom stereocenters. The van der Waals surface area contributed by atoms with Crippen molar-refractivity contribution in [2.75, 3.05) is 12.4 Å². The van der Waals surface area contributed by atoms with Gasteiger partial charge in [-0.15, -0.1) is 10.2 Å². The number of carbonyl (C=O) groups is 1. The minimum absolute atomic E-state index is 0.115. The summed E-state index contributed by atoms with van der Waals surface area (Å²) in [7, 11) is 0. The Labute approximate surface area is 174 Å². The smallest absolute Gasteiger partial charge is 0.422 e. The molecule has 0 unspecified atom stereocenters. The molecule has 3 rings (SSSR count). The van der Waals surface area contributed by atoms with Gasteiger partial charge in [0, 0.05) is 13.1 Å². The molecule has 160 valence electrons. The Kier molecular flexibility index (Phi) is 7.03. The van der Waals surface area contributed by atoms with Gasteiger partial charge in [-0.05, 0) is 36.8 Å². The number of ether oxygens (including phenoxy) is 1. The quantitative estimate of drug-likeness (QED) is 0.508. The zero-order chi connectivity index (χ0) is 21.6. The zero-order valence-corrected chi connectivity index (χ0v) is 16.8. The van der Waals surface area contributed by atoms with Gasteiger partial charge in [-0.3, -0.25) is 9.36 Å². The van der Waals surface area contributed by atoms with Crippen LogP contribution in [0.15, 0.2) is 52.2 Å². The van der Waals surface area contributed by atoms with Gasteiger partial charge in [0.15, 0.2) is 23.3 Å². The van der Waals surface area contributed by atoms with Crippen molar-refractivity contribution in [3.63, 3.8) is 0 Å². The lowest BCUT2D eigenvalue weighted by Gasteiger charge is -2.10. The molecule has 0 saturated heterocycles. The molecule has 1 N–H and O–H groups in total. The lowest BCUT2D eigenvalue weighted by Crippen LogP contribution is -2.24. The van der Waals surface area contributed by atoms with Crippen molar-refractivity contribution in [2.24, 2.45) is 0 Å². The minimum atomic E-state index is -4.38. The van der Waals surface area contributed by atoms with Crippen molar-refractivity contribution >= 4 is 17.7 Å². The average molecular weight is 440 g/mol. The molecule has 3 aromatic rings. The third-order valence-corrected chi connectivity index (χ3v) is 4.89. The van der Waals surface area contributed by atoms with Gasteiger partial charge in [-0.1, -0.05) is 23.9 Å². The van der Waals surface area contributed by atoms with Crippen LogP contribution in [0.5, 0.6) is 5.75 Å². The zero-order valence-electron chi connectivity index (χ0n) is 16.0. The average Bonchev–Trinajstić information content (AvgIpc) is 3.38. The fourth-order valence-corrected chi connectivity index (χ4v) is 3.35. The van der Waals surface area contributed by atoms with Crippen LogP contribution in [0.3, 0.4) is 0 Å². The number of nitrogens with one attached hydrogen (secondary N) is 1. The van der Waals surface area contributed by atoms with Gasteiger partial charge in [0.05, 0.1) is 12.0 Å². The summed E-state index contributed by atoms with van der Waals surface area (Å²) in [6.07, 6.45) is -2.83. The van der Waals surface area contributed by atoms with Crippen molar-refractivity contribution in [1.29, 1.82) is 0 Å². The second-order valence-electron chi connectivity index (χ2n) is 6.14. The van der Waals surface area contributed by atoms with E-state index in [1.165, 1.54) is 23.9 Å². The number of furan rings is 1. The van der Waals surface area contributed by atoms with Crippen molar-refractivity contribution in [2.45, 2.75) is 31.3 Å². The Morgan fingerprint density at radius 2 is 2.00 bits per heavy atom. The number of rotatable bonds is 9. The second-order valence-corrected chi connectivity index (χ2v) is 7.08. The number of aromatic nitrogens is 3. The molecule has 0 radical (unpaired) electrons. The van der Waals surface area contributed by atoms with Gasteiger partial charge >= 0.3 is 6.18 Å². The molecule has 1 aromatic carbocycles. The molecule has 0 aliphatic heterocycles. The number of hydrogen-bond acceptors (Lipinski definition) is 6. The van der Waals surface area contributed by atoms with Gasteiger partial charge in [0.2, 0.25) is 5.91 Å². The van der Waals surface area contributed by atoms with Crippen LogP contribution in [-0.4, -0.2) is 39.2 Å². The van der Waals surface area contributed by atoms with Gasteiger partial charge in [0.25, 0.3) is 0 Å². The van der Waals surface area contributed by atoms with E-state index < -0.39 is 12.8 Å². The van der Waals surface area contributed by atoms with E-state index in [1.807, 2.05) is 11.5 Å². The van der Waals surface area contributed by atoms with Crippen molar-refractivity contribution < 1.29 is 27.1 Å². The normalized spacial score (nSPS) is 11.5. The summed E-state index contributed by atoms with van der Waals surface area (Å²) in [6.45, 7) is 1.47. The maximum atomic E-state index is 12.2. The predicted molar refractivity (Wildman–Crippen MR) is 104 cm³/mol. The molecular formula is C19H19F3N4O3S. The van der Waals surface area contributed by atoms with Crippen LogP contribution < -0.4 is 10.1 Å². The molecule has 7 nitrogen and oxygen atoms in total. The summed E-state index contributed by atoms with van der Waals surface area (Å²) < 4.78 is 48.3. The highest BCUT2D eigenvalue weighted by Gasteiger charge is 2.28. The Balaban J connectivity index is 1.47. The first kappa shape index (κ1) is 21.8. The van der Waals surface area contributed by atoms with Gasteiger partial charge < -0.3 is 14.5 Å². The highest BCUT2D eigenvalue weighted by molar-refractivity contribution is 7.99. The standard InChI is InChI=1S/C19H19F3N4O3S/c1-2-26-17(15-4-3-9-28-15)24-25-18(26)30-11-16(27)23-10-13-5-7-14(8-6-13)29-12-19(20,21)22/h3-9H,2,10-12H2,1H3,(H,23,27). The Morgan fingerprint density at radius 1 is 1.23 bits per heavy atom. The summed E-state index contributed by atoms with van der Waals surface area (Å²) in [5.41, 5.74) is 0.740. The van der Waals surface area contributed by atoms with E-state index in [-0.39, 0.29) is 24.0 Å². The molecule has 2 aromatic heterocycles. The lowest BCUT2D eigenvalue weighted by molar-refractivity contribution is -0.153. The van der Waals surface area contributed by atoms with Crippen LogP contribution in [-0.2, 0) is 17.9 Å². The molecule has 0 spiro atoms. The van der Waals surface area contributed by atoms with E-state index in [4.69, 9.17) is 4.42 Å². The van der Waals surface area contributed by atoms with Crippen molar-refractivity contribution in [1.82, 2.24) is 20.1 Å². The van der Waals surface area contributed by atoms with Gasteiger partial charge in [-0.25, -0.2) is 0 Å². The fraction of sp³-hybridized carbons (Fsp3) is 0.316. The number of alkyl halides is 3. The number of halogens is 3. The Hall–Kier alpha value is -2.95. The number of hydrogen-bond donors (Lipinski definition) is 1. The molecule has 0 saturated carbocycles. The van der Waals surface area contributed by atoms with Crippen LogP contribution in [0.4, 0.5) is 13.2 Å². The molecule has 0 fully saturated rings. The summed E-state index contributed by atoms with van der Waals surface area (Å²) in [6, 6.07) is 9.62. The Bertz CT molecular complexity index is 957. The topological polar surface area (TPSA) is 82.2 Å². The third kappa shape index (κ3) is 6.02.